The lowest BCUT2D eigenvalue weighted by atomic mass is 10.2. The van der Waals surface area contributed by atoms with Gasteiger partial charge in [-0.05, 0) is 13.0 Å². The molecule has 0 unspecified atom stereocenters. The molecule has 0 radical (unpaired) electrons. The van der Waals surface area contributed by atoms with Gasteiger partial charge < -0.3 is 10.1 Å². The number of halogens is 3. The molecule has 0 aromatic heterocycles. The van der Waals surface area contributed by atoms with Gasteiger partial charge in [0.05, 0.1) is 6.42 Å². The first-order valence-corrected chi connectivity index (χ1v) is 5.38. The lowest BCUT2D eigenvalue weighted by molar-refractivity contribution is -0.274. The van der Waals surface area contributed by atoms with Crippen LogP contribution >= 0.6 is 0 Å². The van der Waals surface area contributed by atoms with Crippen molar-refractivity contribution in [2.45, 2.75) is 26.3 Å². The minimum absolute atomic E-state index is 0.141. The van der Waals surface area contributed by atoms with Crippen molar-refractivity contribution in [2.75, 3.05) is 0 Å². The Kier molecular flexibility index (Phi) is 4.91. The molecule has 1 aromatic carbocycles. The number of hydrogen-bond donors (Lipinski definition) is 1. The van der Waals surface area contributed by atoms with Crippen LogP contribution in [0, 0.1) is 0 Å². The highest BCUT2D eigenvalue weighted by Crippen LogP contribution is 2.25. The van der Waals surface area contributed by atoms with Gasteiger partial charge in [0.1, 0.15) is 11.5 Å². The van der Waals surface area contributed by atoms with Crippen LogP contribution in [0.4, 0.5) is 13.2 Å². The lowest BCUT2D eigenvalue weighted by Crippen LogP contribution is -2.25. The van der Waals surface area contributed by atoms with Crippen LogP contribution < -0.4 is 10.1 Å². The molecule has 0 saturated heterocycles. The molecule has 104 valence electrons. The number of hydrogen-bond acceptors (Lipinski definition) is 3. The highest BCUT2D eigenvalue weighted by Gasteiger charge is 2.31. The zero-order valence-electron chi connectivity index (χ0n) is 10.1. The predicted molar refractivity (Wildman–Crippen MR) is 60.3 cm³/mol. The van der Waals surface area contributed by atoms with Crippen LogP contribution in [0.1, 0.15) is 18.9 Å². The van der Waals surface area contributed by atoms with E-state index in [1.807, 2.05) is 0 Å². The molecule has 4 nitrogen and oxygen atoms in total. The number of ether oxygens (including phenoxy) is 1. The first kappa shape index (κ1) is 15.0. The Labute approximate surface area is 107 Å². The van der Waals surface area contributed by atoms with E-state index in [1.165, 1.54) is 25.1 Å². The Hall–Kier alpha value is -2.05. The average molecular weight is 275 g/mol. The maximum Gasteiger partial charge on any atom is 0.573 e. The van der Waals surface area contributed by atoms with Gasteiger partial charge in [-0.2, -0.15) is 0 Å². The van der Waals surface area contributed by atoms with Gasteiger partial charge in [0.15, 0.2) is 0 Å². The lowest BCUT2D eigenvalue weighted by Gasteiger charge is -2.13. The fourth-order valence-corrected chi connectivity index (χ4v) is 1.36. The smallest absolute Gasteiger partial charge is 0.405 e. The fraction of sp³-hybridized carbons (Fsp3) is 0.333. The Morgan fingerprint density at radius 3 is 2.47 bits per heavy atom. The normalized spacial score (nSPS) is 10.9. The molecule has 0 fully saturated rings. The molecule has 0 aliphatic carbocycles. The number of benzene rings is 1. The molecule has 0 aliphatic heterocycles. The van der Waals surface area contributed by atoms with E-state index in [-0.39, 0.29) is 30.1 Å². The predicted octanol–water partition coefficient (Wildman–Crippen LogP) is 2.18. The van der Waals surface area contributed by atoms with Gasteiger partial charge in [0, 0.05) is 12.1 Å². The van der Waals surface area contributed by atoms with Gasteiger partial charge in [-0.15, -0.1) is 13.2 Å². The molecule has 19 heavy (non-hydrogen) atoms. The van der Waals surface area contributed by atoms with E-state index >= 15 is 0 Å². The summed E-state index contributed by atoms with van der Waals surface area (Å²) in [5, 5.41) is 2.35. The Morgan fingerprint density at radius 1 is 1.26 bits per heavy atom. The number of nitrogens with one attached hydrogen (secondary N) is 1. The maximum absolute atomic E-state index is 12.1. The van der Waals surface area contributed by atoms with Gasteiger partial charge in [0.25, 0.3) is 0 Å². The number of carbonyl (C=O) groups is 2. The minimum atomic E-state index is -4.79. The van der Waals surface area contributed by atoms with E-state index in [9.17, 15) is 22.8 Å². The van der Waals surface area contributed by atoms with Crippen molar-refractivity contribution in [3.05, 3.63) is 29.8 Å². The molecule has 0 saturated carbocycles. The zero-order valence-corrected chi connectivity index (χ0v) is 10.1. The summed E-state index contributed by atoms with van der Waals surface area (Å²) in [5.41, 5.74) is 0.178. The third-order valence-corrected chi connectivity index (χ3v) is 2.08. The summed E-state index contributed by atoms with van der Waals surface area (Å²) in [6.45, 7) is 1.11. The Morgan fingerprint density at radius 2 is 1.89 bits per heavy atom. The summed E-state index contributed by atoms with van der Waals surface area (Å²) < 4.78 is 40.2. The number of rotatable bonds is 5. The van der Waals surface area contributed by atoms with Gasteiger partial charge in [0.2, 0.25) is 5.91 Å². The summed E-state index contributed by atoms with van der Waals surface area (Å²) in [4.78, 5) is 21.9. The van der Waals surface area contributed by atoms with Crippen molar-refractivity contribution >= 4 is 11.7 Å². The Bertz CT molecular complexity index is 472. The molecule has 0 atom stereocenters. The van der Waals surface area contributed by atoms with Crippen LogP contribution in [0.3, 0.4) is 0 Å². The quantitative estimate of drug-likeness (QED) is 0.838. The van der Waals surface area contributed by atoms with Crippen molar-refractivity contribution in [2.24, 2.45) is 0 Å². The number of Topliss-reactive ketones (excluding diaryl/α,β-unsaturated/α-hetero) is 1. The van der Waals surface area contributed by atoms with Crippen molar-refractivity contribution in [3.8, 4) is 5.75 Å². The van der Waals surface area contributed by atoms with E-state index in [2.05, 4.69) is 10.1 Å². The molecule has 0 spiro atoms. The summed E-state index contributed by atoms with van der Waals surface area (Å²) in [7, 11) is 0. The largest absolute Gasteiger partial charge is 0.573 e. The summed E-state index contributed by atoms with van der Waals surface area (Å²) in [6.07, 6.45) is -5.10. The second-order valence-electron chi connectivity index (χ2n) is 3.81. The fourth-order valence-electron chi connectivity index (χ4n) is 1.36. The monoisotopic (exact) mass is 275 g/mol. The van der Waals surface area contributed by atoms with Gasteiger partial charge >= 0.3 is 6.36 Å². The van der Waals surface area contributed by atoms with Crippen molar-refractivity contribution in [1.82, 2.24) is 5.32 Å². The molecule has 1 N–H and O–H groups in total. The van der Waals surface area contributed by atoms with E-state index in [1.54, 1.807) is 0 Å². The summed E-state index contributed by atoms with van der Waals surface area (Å²) >= 11 is 0. The highest BCUT2D eigenvalue weighted by atomic mass is 19.4. The van der Waals surface area contributed by atoms with Crippen molar-refractivity contribution in [3.63, 3.8) is 0 Å². The zero-order chi connectivity index (χ0) is 14.5. The highest BCUT2D eigenvalue weighted by molar-refractivity contribution is 5.96. The number of alkyl halides is 3. The Balaban J connectivity index is 2.68. The van der Waals surface area contributed by atoms with Gasteiger partial charge in [-0.25, -0.2) is 0 Å². The van der Waals surface area contributed by atoms with Crippen molar-refractivity contribution < 1.29 is 27.5 Å². The van der Waals surface area contributed by atoms with E-state index in [0.29, 0.717) is 0 Å². The molecule has 0 heterocycles. The molecular weight excluding hydrogens is 263 g/mol. The van der Waals surface area contributed by atoms with E-state index in [4.69, 9.17) is 0 Å². The van der Waals surface area contributed by atoms with Crippen LogP contribution in [-0.4, -0.2) is 18.1 Å². The maximum atomic E-state index is 12.1. The van der Waals surface area contributed by atoms with Gasteiger partial charge in [-0.3, -0.25) is 9.59 Å². The number of ketones is 1. The average Bonchev–Trinajstić information content (AvgIpc) is 2.25. The van der Waals surface area contributed by atoms with Crippen LogP contribution in [0.15, 0.2) is 24.3 Å². The second kappa shape index (κ2) is 6.21. The first-order chi connectivity index (χ1) is 8.78. The molecule has 1 amide bonds. The van der Waals surface area contributed by atoms with E-state index in [0.717, 1.165) is 6.07 Å². The summed E-state index contributed by atoms with van der Waals surface area (Å²) in [6, 6.07) is 5.47. The third kappa shape index (κ3) is 5.89. The molecule has 0 aliphatic rings. The standard InChI is InChI=1S/C12H12F3NO3/c1-8(17)6-11(18)16-7-9-4-2-3-5-10(9)19-12(13,14)15/h2-5H,6-7H2,1H3,(H,16,18). The molecular formula is C12H12F3NO3. The third-order valence-electron chi connectivity index (χ3n) is 2.08. The number of para-hydroxylation sites is 1. The molecule has 1 aromatic rings. The first-order valence-electron chi connectivity index (χ1n) is 5.38. The number of carbonyl (C=O) groups excluding carboxylic acids is 2. The SMILES string of the molecule is CC(=O)CC(=O)NCc1ccccc1OC(F)(F)F. The van der Waals surface area contributed by atoms with E-state index < -0.39 is 12.3 Å². The number of amides is 1. The molecule has 1 rings (SSSR count). The van der Waals surface area contributed by atoms with Crippen LogP contribution in [0.2, 0.25) is 0 Å². The second-order valence-corrected chi connectivity index (χ2v) is 3.81. The molecule has 7 heteroatoms. The van der Waals surface area contributed by atoms with Crippen LogP contribution in [0.5, 0.6) is 5.75 Å². The van der Waals surface area contributed by atoms with Crippen LogP contribution in [0.25, 0.3) is 0 Å². The minimum Gasteiger partial charge on any atom is -0.405 e. The van der Waals surface area contributed by atoms with Crippen LogP contribution in [-0.2, 0) is 16.1 Å². The van der Waals surface area contributed by atoms with Gasteiger partial charge in [-0.1, -0.05) is 18.2 Å². The summed E-state index contributed by atoms with van der Waals surface area (Å²) in [5.74, 6) is -1.25. The topological polar surface area (TPSA) is 55.4 Å². The molecule has 0 bridgehead atoms. The van der Waals surface area contributed by atoms with Crippen molar-refractivity contribution in [1.29, 1.82) is 0 Å².